The molecule has 24 heavy (non-hydrogen) atoms. The van der Waals surface area contributed by atoms with Gasteiger partial charge in [0.15, 0.2) is 0 Å². The number of aryl methyl sites for hydroxylation is 1. The van der Waals surface area contributed by atoms with Crippen LogP contribution in [0.3, 0.4) is 0 Å². The predicted molar refractivity (Wildman–Crippen MR) is 87.7 cm³/mol. The molecule has 0 radical (unpaired) electrons. The lowest BCUT2D eigenvalue weighted by Gasteiger charge is -2.21. The molecule has 0 bridgehead atoms. The van der Waals surface area contributed by atoms with Crippen LogP contribution in [0.4, 0.5) is 0 Å². The van der Waals surface area contributed by atoms with Crippen molar-refractivity contribution in [3.8, 4) is 0 Å². The van der Waals surface area contributed by atoms with Gasteiger partial charge in [-0.25, -0.2) is 4.79 Å². The highest BCUT2D eigenvalue weighted by Gasteiger charge is 2.26. The molecule has 1 aromatic carbocycles. The first-order valence-electron chi connectivity index (χ1n) is 7.61. The molecular formula is C17H26O7. The van der Waals surface area contributed by atoms with Crippen LogP contribution in [-0.2, 0) is 19.0 Å². The van der Waals surface area contributed by atoms with E-state index in [1.165, 1.54) is 7.11 Å². The van der Waals surface area contributed by atoms with Gasteiger partial charge in [0.05, 0.1) is 25.2 Å². The minimum absolute atomic E-state index is 0.0827. The largest absolute Gasteiger partial charge is 0.465 e. The molecule has 0 fully saturated rings. The molecule has 1 aromatic rings. The number of rotatable bonds is 8. The second-order valence-electron chi connectivity index (χ2n) is 4.78. The highest BCUT2D eigenvalue weighted by atomic mass is 16.6. The van der Waals surface area contributed by atoms with Crippen LogP contribution in [0.1, 0.15) is 41.3 Å². The number of esters is 1. The van der Waals surface area contributed by atoms with Gasteiger partial charge in [0, 0.05) is 13.2 Å². The Morgan fingerprint density at radius 3 is 2.33 bits per heavy atom. The van der Waals surface area contributed by atoms with Gasteiger partial charge in [0.1, 0.15) is 0 Å². The quantitative estimate of drug-likeness (QED) is 0.418. The Morgan fingerprint density at radius 2 is 1.92 bits per heavy atom. The van der Waals surface area contributed by atoms with E-state index in [1.54, 1.807) is 25.1 Å². The molecule has 0 aliphatic carbocycles. The third-order valence-corrected chi connectivity index (χ3v) is 3.16. The van der Waals surface area contributed by atoms with E-state index in [2.05, 4.69) is 9.47 Å². The minimum atomic E-state index is -1.53. The topological polar surface area (TPSA) is 102 Å². The highest BCUT2D eigenvalue weighted by molar-refractivity contribution is 5.91. The molecule has 7 heteroatoms. The molecule has 136 valence electrons. The van der Waals surface area contributed by atoms with Gasteiger partial charge in [-0.3, -0.25) is 4.79 Å². The van der Waals surface area contributed by atoms with Crippen molar-refractivity contribution < 1.29 is 34.0 Å². The molecule has 0 aliphatic heterocycles. The van der Waals surface area contributed by atoms with Crippen LogP contribution in [0.2, 0.25) is 0 Å². The fourth-order valence-corrected chi connectivity index (χ4v) is 1.98. The summed E-state index contributed by atoms with van der Waals surface area (Å²) in [6, 6.07) is 4.88. The lowest BCUT2D eigenvalue weighted by molar-refractivity contribution is -0.157. The summed E-state index contributed by atoms with van der Waals surface area (Å²) in [7, 11) is 1.24. The Hall–Kier alpha value is -1.96. The van der Waals surface area contributed by atoms with E-state index in [9.17, 15) is 19.8 Å². The Morgan fingerprint density at radius 1 is 1.29 bits per heavy atom. The molecule has 7 nitrogen and oxygen atoms in total. The molecule has 0 aromatic heterocycles. The monoisotopic (exact) mass is 342 g/mol. The summed E-state index contributed by atoms with van der Waals surface area (Å²) in [5, 5.41) is 19.0. The normalized spacial score (nSPS) is 12.4. The van der Waals surface area contributed by atoms with Gasteiger partial charge in [-0.05, 0) is 32.4 Å². The first kappa shape index (κ1) is 22.0. The molecule has 0 aliphatic rings. The Labute approximate surface area is 142 Å². The van der Waals surface area contributed by atoms with E-state index in [-0.39, 0.29) is 12.0 Å². The van der Waals surface area contributed by atoms with E-state index in [1.807, 2.05) is 13.8 Å². The fraction of sp³-hybridized carbons (Fsp3) is 0.529. The Bertz CT molecular complexity index is 500. The van der Waals surface area contributed by atoms with Crippen molar-refractivity contribution in [1.29, 1.82) is 0 Å². The van der Waals surface area contributed by atoms with Crippen molar-refractivity contribution in [2.75, 3.05) is 26.9 Å². The maximum Gasteiger partial charge on any atom is 0.338 e. The van der Waals surface area contributed by atoms with Gasteiger partial charge < -0.3 is 24.4 Å². The summed E-state index contributed by atoms with van der Waals surface area (Å²) < 4.78 is 13.9. The van der Waals surface area contributed by atoms with E-state index < -0.39 is 24.8 Å². The number of aliphatic hydroxyl groups excluding tert-OH is 2. The van der Waals surface area contributed by atoms with Crippen LogP contribution in [0.25, 0.3) is 0 Å². The second kappa shape index (κ2) is 12.5. The highest BCUT2D eigenvalue weighted by Crippen LogP contribution is 2.25. The van der Waals surface area contributed by atoms with Crippen molar-refractivity contribution >= 4 is 12.4 Å². The molecule has 2 atom stereocenters. The maximum absolute atomic E-state index is 11.7. The first-order chi connectivity index (χ1) is 11.5. The van der Waals surface area contributed by atoms with Gasteiger partial charge in [-0.1, -0.05) is 17.7 Å². The van der Waals surface area contributed by atoms with Gasteiger partial charge in [-0.15, -0.1) is 0 Å². The number of aliphatic hydroxyl groups is 2. The summed E-state index contributed by atoms with van der Waals surface area (Å²) in [6.45, 7) is 7.06. The average molecular weight is 342 g/mol. The minimum Gasteiger partial charge on any atom is -0.465 e. The van der Waals surface area contributed by atoms with Gasteiger partial charge in [-0.2, -0.15) is 0 Å². The van der Waals surface area contributed by atoms with Crippen molar-refractivity contribution in [2.24, 2.45) is 0 Å². The lowest BCUT2D eigenvalue weighted by atomic mass is 9.93. The smallest absolute Gasteiger partial charge is 0.338 e. The van der Waals surface area contributed by atoms with E-state index >= 15 is 0 Å². The average Bonchev–Trinajstić information content (AvgIpc) is 2.57. The van der Waals surface area contributed by atoms with Crippen molar-refractivity contribution in [3.05, 3.63) is 34.9 Å². The number of methoxy groups -OCH3 is 1. The van der Waals surface area contributed by atoms with E-state index in [0.717, 1.165) is 18.8 Å². The third kappa shape index (κ3) is 7.08. The third-order valence-electron chi connectivity index (χ3n) is 3.16. The molecular weight excluding hydrogens is 316 g/mol. The number of hydrogen-bond acceptors (Lipinski definition) is 7. The van der Waals surface area contributed by atoms with Crippen LogP contribution in [0, 0.1) is 6.92 Å². The fourth-order valence-electron chi connectivity index (χ4n) is 1.98. The number of hydrogen-bond donors (Lipinski definition) is 2. The number of benzene rings is 1. The standard InChI is InChI=1S/C13H16O6.C4H10O/c1-8-3-4-9(10(5-8)12(16)18-2)11(6-14)13(17)19-7-15;1-3-5-4-2/h3-5,7,11,13-14,17H,6H2,1-2H3;3-4H2,1-2H3. The molecule has 0 saturated carbocycles. The second-order valence-corrected chi connectivity index (χ2v) is 4.78. The lowest BCUT2D eigenvalue weighted by Crippen LogP contribution is -2.26. The van der Waals surface area contributed by atoms with Crippen LogP contribution in [0.15, 0.2) is 18.2 Å². The molecule has 2 unspecified atom stereocenters. The SMILES string of the molecule is CCOCC.COC(=O)c1cc(C)ccc1C(CO)C(O)OC=O. The molecule has 1 rings (SSSR count). The van der Waals surface area contributed by atoms with Crippen molar-refractivity contribution in [1.82, 2.24) is 0 Å². The summed E-state index contributed by atoms with van der Waals surface area (Å²) in [5.41, 5.74) is 1.40. The zero-order chi connectivity index (χ0) is 18.5. The van der Waals surface area contributed by atoms with Crippen LogP contribution >= 0.6 is 0 Å². The summed E-state index contributed by atoms with van der Waals surface area (Å²) in [5.74, 6) is -1.50. The maximum atomic E-state index is 11.7. The Kier molecular flexibility index (Phi) is 11.4. The summed E-state index contributed by atoms with van der Waals surface area (Å²) in [6.07, 6.45) is -1.53. The zero-order valence-corrected chi connectivity index (χ0v) is 14.5. The number of ether oxygens (including phenoxy) is 3. The van der Waals surface area contributed by atoms with E-state index in [4.69, 9.17) is 4.74 Å². The van der Waals surface area contributed by atoms with Gasteiger partial charge in [0.2, 0.25) is 6.29 Å². The van der Waals surface area contributed by atoms with Crippen molar-refractivity contribution in [3.63, 3.8) is 0 Å². The zero-order valence-electron chi connectivity index (χ0n) is 14.5. The van der Waals surface area contributed by atoms with Crippen LogP contribution < -0.4 is 0 Å². The van der Waals surface area contributed by atoms with Crippen LogP contribution in [0.5, 0.6) is 0 Å². The van der Waals surface area contributed by atoms with E-state index in [0.29, 0.717) is 5.56 Å². The molecule has 0 heterocycles. The van der Waals surface area contributed by atoms with Crippen LogP contribution in [-0.4, -0.2) is 55.9 Å². The Balaban J connectivity index is 0.000000922. The predicted octanol–water partition coefficient (Wildman–Crippen LogP) is 1.39. The molecule has 0 amide bonds. The number of carbonyl (C=O) groups is 2. The first-order valence-corrected chi connectivity index (χ1v) is 7.61. The number of carbonyl (C=O) groups excluding carboxylic acids is 2. The summed E-state index contributed by atoms with van der Waals surface area (Å²) >= 11 is 0. The van der Waals surface area contributed by atoms with Crippen molar-refractivity contribution in [2.45, 2.75) is 33.0 Å². The van der Waals surface area contributed by atoms with Gasteiger partial charge >= 0.3 is 5.97 Å². The summed E-state index contributed by atoms with van der Waals surface area (Å²) in [4.78, 5) is 21.9. The van der Waals surface area contributed by atoms with Gasteiger partial charge in [0.25, 0.3) is 6.47 Å². The molecule has 2 N–H and O–H groups in total. The molecule has 0 spiro atoms. The molecule has 0 saturated heterocycles.